The highest BCUT2D eigenvalue weighted by Crippen LogP contribution is 2.32. The van der Waals surface area contributed by atoms with Crippen LogP contribution in [0, 0.1) is 5.82 Å². The molecule has 118 valence electrons. The van der Waals surface area contributed by atoms with Gasteiger partial charge in [-0.25, -0.2) is 14.2 Å². The first-order valence-corrected chi connectivity index (χ1v) is 7.23. The fourth-order valence-electron chi connectivity index (χ4n) is 2.67. The Kier molecular flexibility index (Phi) is 3.13. The minimum absolute atomic E-state index is 0.178. The van der Waals surface area contributed by atoms with Gasteiger partial charge >= 0.3 is 0 Å². The monoisotopic (exact) mass is 321 g/mol. The third kappa shape index (κ3) is 2.14. The van der Waals surface area contributed by atoms with Crippen molar-refractivity contribution in [3.63, 3.8) is 0 Å². The fourth-order valence-corrected chi connectivity index (χ4v) is 2.67. The number of anilines is 1. The Morgan fingerprint density at radius 3 is 2.46 bits per heavy atom. The van der Waals surface area contributed by atoms with E-state index in [1.165, 1.54) is 12.1 Å². The molecule has 0 saturated carbocycles. The van der Waals surface area contributed by atoms with Crippen LogP contribution in [0.2, 0.25) is 0 Å². The van der Waals surface area contributed by atoms with E-state index in [-0.39, 0.29) is 17.2 Å². The first kappa shape index (κ1) is 14.1. The first-order valence-electron chi connectivity index (χ1n) is 7.23. The lowest BCUT2D eigenvalue weighted by molar-refractivity contribution is 0.627. The van der Waals surface area contributed by atoms with Gasteiger partial charge in [-0.1, -0.05) is 30.3 Å². The van der Waals surface area contributed by atoms with Crippen LogP contribution in [0.5, 0.6) is 0 Å². The van der Waals surface area contributed by atoms with Crippen molar-refractivity contribution >= 4 is 16.7 Å². The molecule has 3 N–H and O–H groups in total. The quantitative estimate of drug-likeness (QED) is 0.593. The summed E-state index contributed by atoms with van der Waals surface area (Å²) in [6.45, 7) is 0. The van der Waals surface area contributed by atoms with Gasteiger partial charge in [0.05, 0.1) is 16.8 Å². The molecular formula is C17H12FN5O. The van der Waals surface area contributed by atoms with Gasteiger partial charge in [-0.05, 0) is 24.3 Å². The smallest absolute Gasteiger partial charge is 0.292 e. The molecule has 0 saturated heterocycles. The summed E-state index contributed by atoms with van der Waals surface area (Å²) in [5.74, 6) is -0.174. The number of rotatable bonds is 2. The van der Waals surface area contributed by atoms with Gasteiger partial charge in [0, 0.05) is 5.56 Å². The third-order valence-electron chi connectivity index (χ3n) is 3.75. The van der Waals surface area contributed by atoms with E-state index in [0.29, 0.717) is 16.8 Å². The number of hydrogen-bond donors (Lipinski definition) is 2. The van der Waals surface area contributed by atoms with Crippen molar-refractivity contribution in [2.24, 2.45) is 0 Å². The Balaban J connectivity index is 2.13. The summed E-state index contributed by atoms with van der Waals surface area (Å²) in [6, 6.07) is 15.3. The summed E-state index contributed by atoms with van der Waals surface area (Å²) >= 11 is 0. The summed E-state index contributed by atoms with van der Waals surface area (Å²) in [7, 11) is 0. The van der Waals surface area contributed by atoms with Crippen molar-refractivity contribution in [3.05, 3.63) is 70.8 Å². The number of aromatic amines is 1. The van der Waals surface area contributed by atoms with Gasteiger partial charge in [0.15, 0.2) is 11.3 Å². The lowest BCUT2D eigenvalue weighted by Gasteiger charge is -2.08. The van der Waals surface area contributed by atoms with E-state index in [4.69, 9.17) is 5.73 Å². The molecule has 0 radical (unpaired) electrons. The molecule has 4 rings (SSSR count). The average molecular weight is 321 g/mol. The van der Waals surface area contributed by atoms with Gasteiger partial charge in [-0.15, -0.1) is 0 Å². The zero-order valence-corrected chi connectivity index (χ0v) is 12.4. The maximum Gasteiger partial charge on any atom is 0.292 e. The van der Waals surface area contributed by atoms with Crippen molar-refractivity contribution < 1.29 is 4.39 Å². The zero-order chi connectivity index (χ0) is 16.7. The van der Waals surface area contributed by atoms with Gasteiger partial charge in [0.2, 0.25) is 0 Å². The highest BCUT2D eigenvalue weighted by atomic mass is 19.1. The van der Waals surface area contributed by atoms with Crippen molar-refractivity contribution in [1.29, 1.82) is 0 Å². The molecular weight excluding hydrogens is 309 g/mol. The van der Waals surface area contributed by atoms with E-state index in [0.717, 1.165) is 5.56 Å². The molecule has 0 bridgehead atoms. The predicted octanol–water partition coefficient (Wildman–Crippen LogP) is 2.50. The number of halogens is 1. The van der Waals surface area contributed by atoms with E-state index in [9.17, 15) is 9.18 Å². The molecule has 0 atom stereocenters. The Morgan fingerprint density at radius 2 is 1.75 bits per heavy atom. The average Bonchev–Trinajstić information content (AvgIpc) is 3.01. The number of nitrogens with two attached hydrogens (primary N) is 1. The molecule has 2 aromatic heterocycles. The summed E-state index contributed by atoms with van der Waals surface area (Å²) in [5, 5.41) is 11.0. The topological polar surface area (TPSA) is 89.6 Å². The van der Waals surface area contributed by atoms with Crippen molar-refractivity contribution in [2.45, 2.75) is 0 Å². The van der Waals surface area contributed by atoms with Crippen molar-refractivity contribution in [3.8, 4) is 16.9 Å². The minimum Gasteiger partial charge on any atom is -0.382 e. The Labute approximate surface area is 135 Å². The van der Waals surface area contributed by atoms with Gasteiger partial charge in [0.1, 0.15) is 5.82 Å². The third-order valence-corrected chi connectivity index (χ3v) is 3.75. The second-order valence-corrected chi connectivity index (χ2v) is 5.26. The van der Waals surface area contributed by atoms with Crippen LogP contribution in [0.15, 0.2) is 59.4 Å². The molecule has 2 aromatic carbocycles. The molecule has 0 aliphatic carbocycles. The number of fused-ring (bicyclic) bond motifs is 1. The molecule has 0 unspecified atom stereocenters. The largest absolute Gasteiger partial charge is 0.382 e. The normalized spacial score (nSPS) is 11.0. The molecule has 0 fully saturated rings. The lowest BCUT2D eigenvalue weighted by atomic mass is 10.1. The van der Waals surface area contributed by atoms with Crippen LogP contribution in [0.4, 0.5) is 10.2 Å². The number of aromatic nitrogens is 4. The molecule has 7 heteroatoms. The van der Waals surface area contributed by atoms with E-state index >= 15 is 0 Å². The van der Waals surface area contributed by atoms with E-state index < -0.39 is 5.56 Å². The Morgan fingerprint density at radius 1 is 1.04 bits per heavy atom. The first-order chi connectivity index (χ1) is 11.6. The molecule has 6 nitrogen and oxygen atoms in total. The minimum atomic E-state index is -0.433. The second kappa shape index (κ2) is 5.31. The van der Waals surface area contributed by atoms with Crippen LogP contribution in [0.25, 0.3) is 27.8 Å². The van der Waals surface area contributed by atoms with E-state index in [1.807, 2.05) is 30.3 Å². The SMILES string of the molecule is Nc1n[nH]c(=O)c2nn(-c3ccc(F)cc3)c(-c3ccccc3)c12. The van der Waals surface area contributed by atoms with Crippen LogP contribution in [-0.4, -0.2) is 20.0 Å². The summed E-state index contributed by atoms with van der Waals surface area (Å²) < 4.78 is 14.8. The molecule has 4 aromatic rings. The van der Waals surface area contributed by atoms with Gasteiger partial charge in [-0.2, -0.15) is 10.2 Å². The standard InChI is InChI=1S/C17H12FN5O/c18-11-6-8-12(9-7-11)23-15(10-4-2-1-3-5-10)13-14(22-23)17(24)21-20-16(13)19/h1-9H,(H2,19,20)(H,21,24). The Bertz CT molecular complexity index is 1080. The lowest BCUT2D eigenvalue weighted by Crippen LogP contribution is -2.10. The summed E-state index contributed by atoms with van der Waals surface area (Å²) in [5.41, 5.74) is 7.81. The van der Waals surface area contributed by atoms with Crippen LogP contribution >= 0.6 is 0 Å². The summed E-state index contributed by atoms with van der Waals surface area (Å²) in [6.07, 6.45) is 0. The van der Waals surface area contributed by atoms with Gasteiger partial charge < -0.3 is 5.73 Å². The zero-order valence-electron chi connectivity index (χ0n) is 12.4. The number of nitrogen functional groups attached to an aromatic ring is 1. The molecule has 24 heavy (non-hydrogen) atoms. The molecule has 2 heterocycles. The maximum absolute atomic E-state index is 13.2. The number of H-pyrrole nitrogens is 1. The second-order valence-electron chi connectivity index (χ2n) is 5.26. The highest BCUT2D eigenvalue weighted by Gasteiger charge is 2.19. The van der Waals surface area contributed by atoms with Crippen LogP contribution < -0.4 is 11.3 Å². The summed E-state index contributed by atoms with van der Waals surface area (Å²) in [4.78, 5) is 12.1. The number of hydrogen-bond acceptors (Lipinski definition) is 4. The number of nitrogens with zero attached hydrogens (tertiary/aromatic N) is 3. The van der Waals surface area contributed by atoms with E-state index in [2.05, 4.69) is 15.3 Å². The van der Waals surface area contributed by atoms with Crippen LogP contribution in [-0.2, 0) is 0 Å². The molecule has 0 amide bonds. The predicted molar refractivity (Wildman–Crippen MR) is 89.3 cm³/mol. The van der Waals surface area contributed by atoms with Crippen LogP contribution in [0.3, 0.4) is 0 Å². The van der Waals surface area contributed by atoms with Crippen molar-refractivity contribution in [1.82, 2.24) is 20.0 Å². The van der Waals surface area contributed by atoms with Gasteiger partial charge in [0.25, 0.3) is 5.56 Å². The fraction of sp³-hybridized carbons (Fsp3) is 0. The van der Waals surface area contributed by atoms with E-state index in [1.54, 1.807) is 16.8 Å². The van der Waals surface area contributed by atoms with Crippen LogP contribution in [0.1, 0.15) is 0 Å². The molecule has 0 aliphatic heterocycles. The molecule has 0 spiro atoms. The molecule has 0 aliphatic rings. The van der Waals surface area contributed by atoms with Gasteiger partial charge in [-0.3, -0.25) is 4.79 Å². The number of nitrogens with one attached hydrogen (secondary N) is 1. The number of benzene rings is 2. The Hall–Kier alpha value is -3.48. The maximum atomic E-state index is 13.2. The highest BCUT2D eigenvalue weighted by molar-refractivity contribution is 6.00. The van der Waals surface area contributed by atoms with Crippen molar-refractivity contribution in [2.75, 3.05) is 5.73 Å².